The van der Waals surface area contributed by atoms with Gasteiger partial charge in [0.2, 0.25) is 0 Å². The molecule has 0 bridgehead atoms. The van der Waals surface area contributed by atoms with Crippen LogP contribution in [0.3, 0.4) is 0 Å². The van der Waals surface area contributed by atoms with Gasteiger partial charge in [-0.05, 0) is 24.3 Å². The van der Waals surface area contributed by atoms with Gasteiger partial charge in [0, 0.05) is 29.1 Å². The highest BCUT2D eigenvalue weighted by Crippen LogP contribution is 2.17. The summed E-state index contributed by atoms with van der Waals surface area (Å²) in [5.41, 5.74) is 1.34. The van der Waals surface area contributed by atoms with Crippen molar-refractivity contribution < 1.29 is 14.1 Å². The second-order valence-corrected chi connectivity index (χ2v) is 6.37. The molecule has 0 heterocycles. The van der Waals surface area contributed by atoms with E-state index in [1.54, 1.807) is 36.4 Å². The van der Waals surface area contributed by atoms with E-state index < -0.39 is 0 Å². The molecule has 1 amide bonds. The Balaban J connectivity index is 1.63. The first-order valence-corrected chi connectivity index (χ1v) is 8.13. The van der Waals surface area contributed by atoms with Gasteiger partial charge in [0.15, 0.2) is 6.54 Å². The summed E-state index contributed by atoms with van der Waals surface area (Å²) in [6, 6.07) is 14.3. The monoisotopic (exact) mass is 333 g/mol. The van der Waals surface area contributed by atoms with Gasteiger partial charge in [0.25, 0.3) is 5.91 Å². The second kappa shape index (κ2) is 7.11. The van der Waals surface area contributed by atoms with Crippen molar-refractivity contribution in [3.63, 3.8) is 0 Å². The molecule has 5 heteroatoms. The van der Waals surface area contributed by atoms with Crippen molar-refractivity contribution in [2.24, 2.45) is 0 Å². The van der Waals surface area contributed by atoms with E-state index in [1.165, 1.54) is 6.07 Å². The number of nitrogens with one attached hydrogen (secondary N) is 2. The van der Waals surface area contributed by atoms with Crippen LogP contribution in [0.4, 0.5) is 10.1 Å². The molecule has 2 aromatic rings. The Labute approximate surface area is 140 Å². The predicted octanol–water partition coefficient (Wildman–Crippen LogP) is 2.67. The Hall–Kier alpha value is -1.91. The molecule has 1 fully saturated rings. The van der Waals surface area contributed by atoms with Crippen molar-refractivity contribution in [2.75, 3.05) is 11.9 Å². The molecule has 120 valence electrons. The molecular formula is C18H19ClFN2O+. The molecule has 1 saturated carbocycles. The highest BCUT2D eigenvalue weighted by Gasteiger charge is 2.35. The van der Waals surface area contributed by atoms with Crippen molar-refractivity contribution in [3.8, 4) is 0 Å². The molecule has 0 aromatic heterocycles. The minimum atomic E-state index is -0.208. The largest absolute Gasteiger partial charge is 0.321 e. The highest BCUT2D eigenvalue weighted by atomic mass is 35.5. The van der Waals surface area contributed by atoms with Gasteiger partial charge in [0.05, 0.1) is 6.04 Å². The summed E-state index contributed by atoms with van der Waals surface area (Å²) in [6.07, 6.45) is 2.18. The smallest absolute Gasteiger partial charge is 0.279 e. The fourth-order valence-corrected chi connectivity index (χ4v) is 2.90. The van der Waals surface area contributed by atoms with Gasteiger partial charge in [-0.25, -0.2) is 4.39 Å². The zero-order valence-corrected chi connectivity index (χ0v) is 13.4. The van der Waals surface area contributed by atoms with E-state index in [0.29, 0.717) is 35.4 Å². The summed E-state index contributed by atoms with van der Waals surface area (Å²) in [7, 11) is 0. The molecule has 0 aliphatic heterocycles. The number of halogens is 2. The lowest BCUT2D eigenvalue weighted by Gasteiger charge is -2.19. The van der Waals surface area contributed by atoms with Crippen LogP contribution < -0.4 is 10.2 Å². The molecule has 1 unspecified atom stereocenters. The van der Waals surface area contributed by atoms with Crippen LogP contribution in [0.25, 0.3) is 0 Å². The van der Waals surface area contributed by atoms with E-state index in [0.717, 1.165) is 17.7 Å². The van der Waals surface area contributed by atoms with Gasteiger partial charge < -0.3 is 10.2 Å². The molecule has 0 spiro atoms. The van der Waals surface area contributed by atoms with Gasteiger partial charge in [-0.3, -0.25) is 4.79 Å². The fourth-order valence-electron chi connectivity index (χ4n) is 2.71. The van der Waals surface area contributed by atoms with Crippen LogP contribution in [-0.2, 0) is 11.3 Å². The molecule has 1 aliphatic rings. The molecule has 1 aliphatic carbocycles. The molecule has 2 N–H and O–H groups in total. The minimum absolute atomic E-state index is 0.0782. The van der Waals surface area contributed by atoms with Crippen molar-refractivity contribution in [2.45, 2.75) is 25.4 Å². The van der Waals surface area contributed by atoms with Crippen LogP contribution in [0, 0.1) is 5.82 Å². The number of quaternary nitrogens is 1. The minimum Gasteiger partial charge on any atom is -0.321 e. The van der Waals surface area contributed by atoms with Gasteiger partial charge in [0.1, 0.15) is 12.4 Å². The number of amides is 1. The summed E-state index contributed by atoms with van der Waals surface area (Å²) in [5, 5.41) is 3.44. The number of carbonyl (C=O) groups excluding carboxylic acids is 1. The third kappa shape index (κ3) is 4.53. The van der Waals surface area contributed by atoms with Crippen LogP contribution >= 0.6 is 11.6 Å². The lowest BCUT2D eigenvalue weighted by Crippen LogP contribution is -3.13. The van der Waals surface area contributed by atoms with Crippen molar-refractivity contribution in [1.29, 1.82) is 0 Å². The van der Waals surface area contributed by atoms with Gasteiger partial charge in [-0.15, -0.1) is 0 Å². The summed E-state index contributed by atoms with van der Waals surface area (Å²) in [6.45, 7) is 0.853. The zero-order chi connectivity index (χ0) is 16.2. The Morgan fingerprint density at radius 2 is 2.00 bits per heavy atom. The molecular weight excluding hydrogens is 315 g/mol. The van der Waals surface area contributed by atoms with Gasteiger partial charge in [-0.1, -0.05) is 35.9 Å². The number of benzene rings is 2. The number of rotatable bonds is 6. The maximum atomic E-state index is 13.8. The molecule has 0 saturated heterocycles. The average molecular weight is 334 g/mol. The molecule has 1 atom stereocenters. The van der Waals surface area contributed by atoms with Crippen molar-refractivity contribution in [3.05, 3.63) is 64.9 Å². The summed E-state index contributed by atoms with van der Waals surface area (Å²) >= 11 is 5.92. The first kappa shape index (κ1) is 16.0. The van der Waals surface area contributed by atoms with E-state index in [2.05, 4.69) is 5.32 Å². The maximum Gasteiger partial charge on any atom is 0.279 e. The standard InChI is InChI=1S/C18H18ClFN2O/c19-14-5-3-6-15(10-14)21-18(23)12-22(16-8-9-16)11-13-4-1-2-7-17(13)20/h1-7,10,16H,8-9,11-12H2,(H,21,23)/p+1. The third-order valence-electron chi connectivity index (χ3n) is 4.03. The van der Waals surface area contributed by atoms with Crippen LogP contribution in [0.15, 0.2) is 48.5 Å². The van der Waals surface area contributed by atoms with Crippen LogP contribution in [0.1, 0.15) is 18.4 Å². The Morgan fingerprint density at radius 1 is 1.22 bits per heavy atom. The fraction of sp³-hybridized carbons (Fsp3) is 0.278. The third-order valence-corrected chi connectivity index (χ3v) is 4.26. The molecule has 23 heavy (non-hydrogen) atoms. The van der Waals surface area contributed by atoms with E-state index in [4.69, 9.17) is 11.6 Å². The first-order chi connectivity index (χ1) is 11.1. The zero-order valence-electron chi connectivity index (χ0n) is 12.7. The Bertz CT molecular complexity index is 703. The topological polar surface area (TPSA) is 33.5 Å². The average Bonchev–Trinajstić information content (AvgIpc) is 3.33. The van der Waals surface area contributed by atoms with Crippen molar-refractivity contribution >= 4 is 23.2 Å². The van der Waals surface area contributed by atoms with Gasteiger partial charge in [-0.2, -0.15) is 0 Å². The molecule has 0 radical (unpaired) electrons. The summed E-state index contributed by atoms with van der Waals surface area (Å²) in [4.78, 5) is 13.4. The number of hydrogen-bond acceptors (Lipinski definition) is 1. The van der Waals surface area contributed by atoms with Crippen LogP contribution in [0.5, 0.6) is 0 Å². The van der Waals surface area contributed by atoms with E-state index in [9.17, 15) is 9.18 Å². The first-order valence-electron chi connectivity index (χ1n) is 7.75. The second-order valence-electron chi connectivity index (χ2n) is 5.94. The SMILES string of the molecule is O=C(C[NH+](Cc1ccccc1F)C1CC1)Nc1cccc(Cl)c1. The Morgan fingerprint density at radius 3 is 2.70 bits per heavy atom. The maximum absolute atomic E-state index is 13.8. The number of carbonyl (C=O) groups is 1. The lowest BCUT2D eigenvalue weighted by molar-refractivity contribution is -0.917. The molecule has 2 aromatic carbocycles. The quantitative estimate of drug-likeness (QED) is 0.837. The Kier molecular flexibility index (Phi) is 4.94. The number of hydrogen-bond donors (Lipinski definition) is 2. The van der Waals surface area contributed by atoms with E-state index >= 15 is 0 Å². The van der Waals surface area contributed by atoms with Gasteiger partial charge >= 0.3 is 0 Å². The highest BCUT2D eigenvalue weighted by molar-refractivity contribution is 6.30. The van der Waals surface area contributed by atoms with E-state index in [-0.39, 0.29) is 11.7 Å². The van der Waals surface area contributed by atoms with Crippen molar-refractivity contribution in [1.82, 2.24) is 0 Å². The summed E-state index contributed by atoms with van der Waals surface area (Å²) in [5.74, 6) is -0.286. The van der Waals surface area contributed by atoms with Crippen LogP contribution in [-0.4, -0.2) is 18.5 Å². The normalized spacial score (nSPS) is 15.2. The lowest BCUT2D eigenvalue weighted by atomic mass is 10.2. The summed E-state index contributed by atoms with van der Waals surface area (Å²) < 4.78 is 13.8. The van der Waals surface area contributed by atoms with E-state index in [1.807, 2.05) is 6.07 Å². The molecule has 3 nitrogen and oxygen atoms in total. The predicted molar refractivity (Wildman–Crippen MR) is 89.0 cm³/mol. The van der Waals surface area contributed by atoms with Crippen LogP contribution in [0.2, 0.25) is 5.02 Å². The molecule has 3 rings (SSSR count). The number of anilines is 1.